The Hall–Kier alpha value is -0.610. The first-order chi connectivity index (χ1) is 7.27. The van der Waals surface area contributed by atoms with Crippen molar-refractivity contribution in [3.8, 4) is 0 Å². The lowest BCUT2D eigenvalue weighted by molar-refractivity contribution is -0.132. The lowest BCUT2D eigenvalue weighted by atomic mass is 10.0. The van der Waals surface area contributed by atoms with Gasteiger partial charge in [-0.2, -0.15) is 0 Å². The Morgan fingerprint density at radius 3 is 2.93 bits per heavy atom. The first-order valence-corrected chi connectivity index (χ1v) is 5.90. The zero-order chi connectivity index (χ0) is 10.7. The van der Waals surface area contributed by atoms with Gasteiger partial charge in [0.1, 0.15) is 6.10 Å². The summed E-state index contributed by atoms with van der Waals surface area (Å²) in [5.74, 6) is 0.440. The molecule has 2 aliphatic rings. The van der Waals surface area contributed by atoms with Gasteiger partial charge in [0.05, 0.1) is 0 Å². The van der Waals surface area contributed by atoms with Gasteiger partial charge in [-0.15, -0.1) is 0 Å². The molecular weight excluding hydrogens is 192 g/mol. The largest absolute Gasteiger partial charge is 0.368 e. The minimum atomic E-state index is -0.216. The zero-order valence-electron chi connectivity index (χ0n) is 9.29. The van der Waals surface area contributed by atoms with Crippen molar-refractivity contribution in [3.05, 3.63) is 0 Å². The average Bonchev–Trinajstić information content (AvgIpc) is 2.66. The van der Waals surface area contributed by atoms with Gasteiger partial charge < -0.3 is 15.4 Å². The summed E-state index contributed by atoms with van der Waals surface area (Å²) >= 11 is 0. The molecule has 0 spiro atoms. The van der Waals surface area contributed by atoms with Crippen molar-refractivity contribution in [1.82, 2.24) is 10.6 Å². The first kappa shape index (κ1) is 10.9. The van der Waals surface area contributed by atoms with Gasteiger partial charge in [0.2, 0.25) is 5.91 Å². The van der Waals surface area contributed by atoms with E-state index in [9.17, 15) is 4.79 Å². The SMILES string of the molecule is CC1CCOC1C(=O)NC1CCCNC1. The van der Waals surface area contributed by atoms with Crippen molar-refractivity contribution < 1.29 is 9.53 Å². The summed E-state index contributed by atoms with van der Waals surface area (Å²) in [6.45, 7) is 4.77. The summed E-state index contributed by atoms with van der Waals surface area (Å²) in [7, 11) is 0. The highest BCUT2D eigenvalue weighted by molar-refractivity contribution is 5.81. The monoisotopic (exact) mass is 212 g/mol. The molecule has 86 valence electrons. The number of carbonyl (C=O) groups excluding carboxylic acids is 1. The summed E-state index contributed by atoms with van der Waals surface area (Å²) in [5.41, 5.74) is 0. The molecule has 0 aromatic carbocycles. The predicted molar refractivity (Wildman–Crippen MR) is 57.6 cm³/mol. The molecule has 1 amide bonds. The zero-order valence-corrected chi connectivity index (χ0v) is 9.29. The molecule has 4 nitrogen and oxygen atoms in total. The van der Waals surface area contributed by atoms with E-state index in [4.69, 9.17) is 4.74 Å². The molecule has 4 heteroatoms. The van der Waals surface area contributed by atoms with Gasteiger partial charge in [-0.3, -0.25) is 4.79 Å². The van der Waals surface area contributed by atoms with Crippen molar-refractivity contribution in [2.45, 2.75) is 38.3 Å². The molecule has 0 aromatic heterocycles. The number of piperidine rings is 1. The van der Waals surface area contributed by atoms with Crippen molar-refractivity contribution >= 4 is 5.91 Å². The second-order valence-electron chi connectivity index (χ2n) is 4.61. The van der Waals surface area contributed by atoms with Crippen LogP contribution in [0.5, 0.6) is 0 Å². The normalized spacial score (nSPS) is 36.5. The number of hydrogen-bond donors (Lipinski definition) is 2. The van der Waals surface area contributed by atoms with Crippen LogP contribution in [0, 0.1) is 5.92 Å². The number of nitrogens with one attached hydrogen (secondary N) is 2. The lowest BCUT2D eigenvalue weighted by Crippen LogP contribution is -2.49. The van der Waals surface area contributed by atoms with E-state index in [-0.39, 0.29) is 12.0 Å². The van der Waals surface area contributed by atoms with E-state index < -0.39 is 0 Å². The van der Waals surface area contributed by atoms with Crippen LogP contribution in [0.4, 0.5) is 0 Å². The molecule has 3 unspecified atom stereocenters. The van der Waals surface area contributed by atoms with E-state index in [1.54, 1.807) is 0 Å². The maximum Gasteiger partial charge on any atom is 0.249 e. The number of carbonyl (C=O) groups is 1. The highest BCUT2D eigenvalue weighted by Gasteiger charge is 2.32. The number of amides is 1. The van der Waals surface area contributed by atoms with Gasteiger partial charge >= 0.3 is 0 Å². The molecule has 0 aromatic rings. The van der Waals surface area contributed by atoms with Crippen molar-refractivity contribution in [1.29, 1.82) is 0 Å². The molecule has 2 saturated heterocycles. The quantitative estimate of drug-likeness (QED) is 0.691. The fraction of sp³-hybridized carbons (Fsp3) is 0.909. The third kappa shape index (κ3) is 2.69. The number of ether oxygens (including phenoxy) is 1. The summed E-state index contributed by atoms with van der Waals surface area (Å²) in [5, 5.41) is 6.35. The Balaban J connectivity index is 1.80. The van der Waals surface area contributed by atoms with Crippen molar-refractivity contribution in [3.63, 3.8) is 0 Å². The van der Waals surface area contributed by atoms with E-state index in [1.807, 2.05) is 0 Å². The molecule has 2 rings (SSSR count). The topological polar surface area (TPSA) is 50.4 Å². The van der Waals surface area contributed by atoms with Crippen molar-refractivity contribution in [2.24, 2.45) is 5.92 Å². The van der Waals surface area contributed by atoms with Gasteiger partial charge in [-0.1, -0.05) is 6.92 Å². The van der Waals surface area contributed by atoms with Crippen molar-refractivity contribution in [2.75, 3.05) is 19.7 Å². The van der Waals surface area contributed by atoms with Crippen LogP contribution in [-0.2, 0) is 9.53 Å². The molecule has 0 radical (unpaired) electrons. The van der Waals surface area contributed by atoms with E-state index in [0.29, 0.717) is 12.0 Å². The Morgan fingerprint density at radius 1 is 1.47 bits per heavy atom. The molecule has 2 fully saturated rings. The average molecular weight is 212 g/mol. The molecular formula is C11H20N2O2. The van der Waals surface area contributed by atoms with Gasteiger partial charge in [-0.25, -0.2) is 0 Å². The van der Waals surface area contributed by atoms with Crippen LogP contribution in [0.1, 0.15) is 26.2 Å². The summed E-state index contributed by atoms with van der Waals surface area (Å²) < 4.78 is 5.44. The summed E-state index contributed by atoms with van der Waals surface area (Å²) in [6.07, 6.45) is 3.01. The molecule has 2 aliphatic heterocycles. The summed E-state index contributed by atoms with van der Waals surface area (Å²) in [6, 6.07) is 0.294. The van der Waals surface area contributed by atoms with E-state index in [1.165, 1.54) is 0 Å². The lowest BCUT2D eigenvalue weighted by Gasteiger charge is -2.25. The highest BCUT2D eigenvalue weighted by Crippen LogP contribution is 2.20. The third-order valence-electron chi connectivity index (χ3n) is 3.29. The maximum absolute atomic E-state index is 11.9. The standard InChI is InChI=1S/C11H20N2O2/c1-8-4-6-15-10(8)11(14)13-9-3-2-5-12-7-9/h8-10,12H,2-7H2,1H3,(H,13,14). The molecule has 0 saturated carbocycles. The van der Waals surface area contributed by atoms with Crippen LogP contribution in [0.15, 0.2) is 0 Å². The van der Waals surface area contributed by atoms with E-state index in [2.05, 4.69) is 17.6 Å². The van der Waals surface area contributed by atoms with Gasteiger partial charge in [0.15, 0.2) is 0 Å². The van der Waals surface area contributed by atoms with Gasteiger partial charge in [-0.05, 0) is 31.7 Å². The second-order valence-corrected chi connectivity index (χ2v) is 4.61. The summed E-state index contributed by atoms with van der Waals surface area (Å²) in [4.78, 5) is 11.9. The number of rotatable bonds is 2. The fourth-order valence-electron chi connectivity index (χ4n) is 2.29. The Bertz CT molecular complexity index is 227. The maximum atomic E-state index is 11.9. The molecule has 0 aliphatic carbocycles. The molecule has 2 N–H and O–H groups in total. The third-order valence-corrected chi connectivity index (χ3v) is 3.29. The van der Waals surface area contributed by atoms with Crippen LogP contribution >= 0.6 is 0 Å². The van der Waals surface area contributed by atoms with E-state index >= 15 is 0 Å². The van der Waals surface area contributed by atoms with Gasteiger partial charge in [0, 0.05) is 19.2 Å². The Labute approximate surface area is 90.8 Å². The van der Waals surface area contributed by atoms with Crippen LogP contribution < -0.4 is 10.6 Å². The highest BCUT2D eigenvalue weighted by atomic mass is 16.5. The fourth-order valence-corrected chi connectivity index (χ4v) is 2.29. The second kappa shape index (κ2) is 4.94. The molecule has 3 atom stereocenters. The Morgan fingerprint density at radius 2 is 2.33 bits per heavy atom. The first-order valence-electron chi connectivity index (χ1n) is 5.90. The molecule has 2 heterocycles. The molecule has 0 bridgehead atoms. The van der Waals surface area contributed by atoms with E-state index in [0.717, 1.165) is 39.0 Å². The van der Waals surface area contributed by atoms with Crippen LogP contribution in [0.2, 0.25) is 0 Å². The minimum Gasteiger partial charge on any atom is -0.368 e. The van der Waals surface area contributed by atoms with Gasteiger partial charge in [0.25, 0.3) is 0 Å². The predicted octanol–water partition coefficient (Wildman–Crippen LogP) is 0.280. The molecule has 15 heavy (non-hydrogen) atoms. The van der Waals surface area contributed by atoms with Crippen LogP contribution in [0.3, 0.4) is 0 Å². The van der Waals surface area contributed by atoms with Crippen LogP contribution in [0.25, 0.3) is 0 Å². The van der Waals surface area contributed by atoms with Crippen LogP contribution in [-0.4, -0.2) is 37.7 Å². The minimum absolute atomic E-state index is 0.0775. The number of hydrogen-bond acceptors (Lipinski definition) is 3. The smallest absolute Gasteiger partial charge is 0.249 e. The Kier molecular flexibility index (Phi) is 3.59.